The summed E-state index contributed by atoms with van der Waals surface area (Å²) in [7, 11) is 0. The van der Waals surface area contributed by atoms with Crippen LogP contribution in [0.1, 0.15) is 13.8 Å². The van der Waals surface area contributed by atoms with Gasteiger partial charge in [0.2, 0.25) is 0 Å². The van der Waals surface area contributed by atoms with E-state index >= 15 is 0 Å². The Hall–Kier alpha value is -0.120. The minimum absolute atomic E-state index is 0.680. The summed E-state index contributed by atoms with van der Waals surface area (Å²) in [5.74, 6) is 0. The van der Waals surface area contributed by atoms with Crippen LogP contribution in [0.25, 0.3) is 0 Å². The first-order valence-electron chi connectivity index (χ1n) is 4.96. The van der Waals surface area contributed by atoms with Crippen molar-refractivity contribution in [1.82, 2.24) is 15.5 Å². The molecule has 2 saturated heterocycles. The first-order chi connectivity index (χ1) is 5.75. The number of piperazine rings is 2. The van der Waals surface area contributed by atoms with E-state index in [1.54, 1.807) is 0 Å². The molecule has 0 aromatic rings. The molecule has 2 N–H and O–H groups in total. The molecule has 2 heterocycles. The van der Waals surface area contributed by atoms with Crippen molar-refractivity contribution >= 4 is 0 Å². The van der Waals surface area contributed by atoms with Crippen LogP contribution in [-0.4, -0.2) is 49.2 Å². The highest BCUT2D eigenvalue weighted by atomic mass is 15.3. The van der Waals surface area contributed by atoms with Gasteiger partial charge in [-0.1, -0.05) is 0 Å². The number of hydrogen-bond donors (Lipinski definition) is 2. The molecule has 2 atom stereocenters. The van der Waals surface area contributed by atoms with Gasteiger partial charge in [0.05, 0.1) is 0 Å². The molecule has 3 heteroatoms. The first-order valence-corrected chi connectivity index (χ1v) is 4.96. The van der Waals surface area contributed by atoms with Crippen molar-refractivity contribution in [2.45, 2.75) is 32.0 Å². The second-order valence-corrected chi connectivity index (χ2v) is 4.27. The minimum atomic E-state index is 0.680. The van der Waals surface area contributed by atoms with Crippen LogP contribution >= 0.6 is 0 Å². The highest BCUT2D eigenvalue weighted by Crippen LogP contribution is 2.10. The van der Waals surface area contributed by atoms with Crippen LogP contribution in [0.15, 0.2) is 0 Å². The third-order valence-electron chi connectivity index (χ3n) is 2.89. The van der Waals surface area contributed by atoms with Gasteiger partial charge in [0.25, 0.3) is 0 Å². The number of fused-ring (bicyclic) bond motifs is 2. The molecule has 2 unspecified atom stereocenters. The third-order valence-corrected chi connectivity index (χ3v) is 2.89. The lowest BCUT2D eigenvalue weighted by Gasteiger charge is -2.44. The van der Waals surface area contributed by atoms with E-state index in [0.29, 0.717) is 18.1 Å². The van der Waals surface area contributed by atoms with Crippen molar-refractivity contribution < 1.29 is 0 Å². The van der Waals surface area contributed by atoms with Gasteiger partial charge in [-0.05, 0) is 13.8 Å². The molecule has 70 valence electrons. The zero-order valence-corrected chi connectivity index (χ0v) is 8.01. The molecule has 0 radical (unpaired) electrons. The average molecular weight is 169 g/mol. The Labute approximate surface area is 74.5 Å². The number of hydrogen-bond acceptors (Lipinski definition) is 3. The molecule has 12 heavy (non-hydrogen) atoms. The van der Waals surface area contributed by atoms with E-state index in [2.05, 4.69) is 29.4 Å². The molecule has 2 bridgehead atoms. The Balaban J connectivity index is 1.96. The predicted molar refractivity (Wildman–Crippen MR) is 50.3 cm³/mol. The summed E-state index contributed by atoms with van der Waals surface area (Å²) in [6.45, 7) is 9.27. The van der Waals surface area contributed by atoms with Crippen molar-refractivity contribution in [3.63, 3.8) is 0 Å². The van der Waals surface area contributed by atoms with Gasteiger partial charge in [0.1, 0.15) is 0 Å². The molecule has 0 spiro atoms. The normalized spacial score (nSPS) is 37.2. The van der Waals surface area contributed by atoms with Crippen molar-refractivity contribution in [1.29, 1.82) is 0 Å². The van der Waals surface area contributed by atoms with Crippen molar-refractivity contribution in [3.05, 3.63) is 0 Å². The quantitative estimate of drug-likeness (QED) is 0.561. The summed E-state index contributed by atoms with van der Waals surface area (Å²) in [6, 6.07) is 2.06. The summed E-state index contributed by atoms with van der Waals surface area (Å²) in [4.78, 5) is 2.58. The Morgan fingerprint density at radius 1 is 1.17 bits per heavy atom. The maximum atomic E-state index is 3.63. The van der Waals surface area contributed by atoms with E-state index in [4.69, 9.17) is 0 Å². The van der Waals surface area contributed by atoms with Crippen LogP contribution in [0.2, 0.25) is 0 Å². The minimum Gasteiger partial charge on any atom is -0.314 e. The van der Waals surface area contributed by atoms with Crippen molar-refractivity contribution in [2.24, 2.45) is 0 Å². The van der Waals surface area contributed by atoms with E-state index in [9.17, 15) is 0 Å². The Kier molecular flexibility index (Phi) is 2.35. The van der Waals surface area contributed by atoms with Gasteiger partial charge >= 0.3 is 0 Å². The maximum absolute atomic E-state index is 3.63. The van der Waals surface area contributed by atoms with Crippen LogP contribution in [0.4, 0.5) is 0 Å². The molecular weight excluding hydrogens is 150 g/mol. The average Bonchev–Trinajstić information content (AvgIpc) is 2.03. The van der Waals surface area contributed by atoms with E-state index in [1.807, 2.05) is 0 Å². The lowest BCUT2D eigenvalue weighted by atomic mass is 10.0. The van der Waals surface area contributed by atoms with Crippen LogP contribution in [-0.2, 0) is 0 Å². The zero-order chi connectivity index (χ0) is 8.55. The highest BCUT2D eigenvalue weighted by molar-refractivity contribution is 4.93. The van der Waals surface area contributed by atoms with Crippen LogP contribution in [0, 0.1) is 0 Å². The summed E-state index contributed by atoms with van der Waals surface area (Å²) >= 11 is 0. The van der Waals surface area contributed by atoms with Gasteiger partial charge in [0, 0.05) is 44.3 Å². The van der Waals surface area contributed by atoms with Gasteiger partial charge in [-0.3, -0.25) is 4.90 Å². The van der Waals surface area contributed by atoms with Gasteiger partial charge in [0.15, 0.2) is 0 Å². The molecule has 2 aliphatic heterocycles. The second kappa shape index (κ2) is 3.32. The SMILES string of the molecule is CC(C)N1CC2CNCC(C1)N2. The fourth-order valence-electron chi connectivity index (χ4n) is 2.18. The fraction of sp³-hybridized carbons (Fsp3) is 1.00. The van der Waals surface area contributed by atoms with E-state index in [-0.39, 0.29) is 0 Å². The number of nitrogens with one attached hydrogen (secondary N) is 2. The summed E-state index contributed by atoms with van der Waals surface area (Å²) in [5.41, 5.74) is 0. The Bertz CT molecular complexity index is 146. The van der Waals surface area contributed by atoms with E-state index in [0.717, 1.165) is 13.1 Å². The van der Waals surface area contributed by atoms with Crippen molar-refractivity contribution in [2.75, 3.05) is 26.2 Å². The number of rotatable bonds is 1. The second-order valence-electron chi connectivity index (χ2n) is 4.27. The maximum Gasteiger partial charge on any atom is 0.0323 e. The molecule has 0 saturated carbocycles. The molecule has 2 aliphatic rings. The molecule has 0 aliphatic carbocycles. The monoisotopic (exact) mass is 169 g/mol. The van der Waals surface area contributed by atoms with Crippen molar-refractivity contribution in [3.8, 4) is 0 Å². The van der Waals surface area contributed by atoms with Gasteiger partial charge < -0.3 is 10.6 Å². The molecule has 0 aromatic carbocycles. The van der Waals surface area contributed by atoms with Crippen LogP contribution < -0.4 is 10.6 Å². The first kappa shape index (κ1) is 8.48. The molecular formula is C9H19N3. The van der Waals surface area contributed by atoms with Crippen LogP contribution in [0.3, 0.4) is 0 Å². The summed E-state index contributed by atoms with van der Waals surface area (Å²) in [6.07, 6.45) is 0. The van der Waals surface area contributed by atoms with Crippen LogP contribution in [0.5, 0.6) is 0 Å². The highest BCUT2D eigenvalue weighted by Gasteiger charge is 2.30. The molecule has 2 fully saturated rings. The molecule has 2 rings (SSSR count). The topological polar surface area (TPSA) is 27.3 Å². The molecule has 0 aromatic heterocycles. The van der Waals surface area contributed by atoms with E-state index in [1.165, 1.54) is 13.1 Å². The largest absolute Gasteiger partial charge is 0.314 e. The van der Waals surface area contributed by atoms with Gasteiger partial charge in [-0.15, -0.1) is 0 Å². The zero-order valence-electron chi connectivity index (χ0n) is 8.01. The summed E-state index contributed by atoms with van der Waals surface area (Å²) in [5, 5.41) is 7.09. The lowest BCUT2D eigenvalue weighted by Crippen LogP contribution is -2.67. The predicted octanol–water partition coefficient (Wildman–Crippen LogP) is -0.360. The fourth-order valence-corrected chi connectivity index (χ4v) is 2.18. The standard InChI is InChI=1S/C9H19N3/c1-7(2)12-5-8-3-10-4-9(6-12)11-8/h7-11H,3-6H2,1-2H3. The molecule has 0 amide bonds. The smallest absolute Gasteiger partial charge is 0.0323 e. The number of nitrogens with zero attached hydrogens (tertiary/aromatic N) is 1. The Morgan fingerprint density at radius 3 is 2.25 bits per heavy atom. The molecule has 3 nitrogen and oxygen atoms in total. The van der Waals surface area contributed by atoms with E-state index < -0.39 is 0 Å². The summed E-state index contributed by atoms with van der Waals surface area (Å²) < 4.78 is 0. The third kappa shape index (κ3) is 1.63. The van der Waals surface area contributed by atoms with Gasteiger partial charge in [-0.25, -0.2) is 0 Å². The lowest BCUT2D eigenvalue weighted by molar-refractivity contribution is 0.108. The Morgan fingerprint density at radius 2 is 1.75 bits per heavy atom. The van der Waals surface area contributed by atoms with Gasteiger partial charge in [-0.2, -0.15) is 0 Å².